The second-order valence-electron chi connectivity index (χ2n) is 5.13. The molecule has 92 valence electrons. The molecule has 1 N–H and O–H groups in total. The minimum atomic E-state index is 0.574. The molecule has 3 rings (SSSR count). The standard InChI is InChI=1S/C13H20N4/c1-10-14-7-5-13(15-10)16-11-6-9-17-8-3-2-4-12(11)17/h5,7,11-12H,2-4,6,8-9H2,1H3,(H,14,15,16). The zero-order valence-electron chi connectivity index (χ0n) is 10.4. The third-order valence-corrected chi connectivity index (χ3v) is 3.97. The first-order chi connectivity index (χ1) is 8.33. The first-order valence-electron chi connectivity index (χ1n) is 6.63. The van der Waals surface area contributed by atoms with Gasteiger partial charge in [-0.2, -0.15) is 0 Å². The van der Waals surface area contributed by atoms with Crippen molar-refractivity contribution in [2.75, 3.05) is 18.4 Å². The van der Waals surface area contributed by atoms with Crippen LogP contribution in [0.4, 0.5) is 5.82 Å². The van der Waals surface area contributed by atoms with Gasteiger partial charge in [0, 0.05) is 24.8 Å². The van der Waals surface area contributed by atoms with Gasteiger partial charge in [-0.25, -0.2) is 9.97 Å². The lowest BCUT2D eigenvalue weighted by atomic mass is 9.99. The molecule has 0 radical (unpaired) electrons. The molecule has 0 spiro atoms. The second-order valence-corrected chi connectivity index (χ2v) is 5.13. The largest absolute Gasteiger partial charge is 0.366 e. The topological polar surface area (TPSA) is 41.1 Å². The van der Waals surface area contributed by atoms with Gasteiger partial charge in [0.15, 0.2) is 0 Å². The summed E-state index contributed by atoms with van der Waals surface area (Å²) in [4.78, 5) is 11.2. The van der Waals surface area contributed by atoms with Crippen LogP contribution in [0.15, 0.2) is 12.3 Å². The predicted octanol–water partition coefficient (Wildman–Crippen LogP) is 1.82. The maximum absolute atomic E-state index is 4.43. The summed E-state index contributed by atoms with van der Waals surface area (Å²) < 4.78 is 0. The van der Waals surface area contributed by atoms with Gasteiger partial charge in [-0.15, -0.1) is 0 Å². The number of piperidine rings is 1. The average molecular weight is 232 g/mol. The van der Waals surface area contributed by atoms with E-state index in [0.29, 0.717) is 6.04 Å². The van der Waals surface area contributed by atoms with Crippen LogP contribution >= 0.6 is 0 Å². The molecule has 1 aromatic rings. The predicted molar refractivity (Wildman–Crippen MR) is 68.0 cm³/mol. The second kappa shape index (κ2) is 4.61. The first-order valence-corrected chi connectivity index (χ1v) is 6.63. The summed E-state index contributed by atoms with van der Waals surface area (Å²) in [6.45, 7) is 4.46. The van der Waals surface area contributed by atoms with E-state index in [1.54, 1.807) is 0 Å². The third kappa shape index (κ3) is 2.27. The van der Waals surface area contributed by atoms with E-state index in [2.05, 4.69) is 20.2 Å². The molecule has 3 heterocycles. The van der Waals surface area contributed by atoms with Crippen LogP contribution in [0.2, 0.25) is 0 Å². The summed E-state index contributed by atoms with van der Waals surface area (Å²) in [7, 11) is 0. The number of nitrogens with one attached hydrogen (secondary N) is 1. The number of aryl methyl sites for hydroxylation is 1. The Morgan fingerprint density at radius 1 is 1.29 bits per heavy atom. The molecule has 0 aliphatic carbocycles. The van der Waals surface area contributed by atoms with Gasteiger partial charge in [0.2, 0.25) is 0 Å². The monoisotopic (exact) mass is 232 g/mol. The van der Waals surface area contributed by atoms with Gasteiger partial charge in [-0.3, -0.25) is 4.90 Å². The number of nitrogens with zero attached hydrogens (tertiary/aromatic N) is 3. The summed E-state index contributed by atoms with van der Waals surface area (Å²) in [5.74, 6) is 1.82. The van der Waals surface area contributed by atoms with E-state index in [1.807, 2.05) is 19.2 Å². The van der Waals surface area contributed by atoms with Crippen LogP contribution < -0.4 is 5.32 Å². The number of aromatic nitrogens is 2. The molecule has 4 heteroatoms. The minimum absolute atomic E-state index is 0.574. The lowest BCUT2D eigenvalue weighted by Crippen LogP contribution is -2.41. The van der Waals surface area contributed by atoms with Crippen molar-refractivity contribution in [3.05, 3.63) is 18.1 Å². The highest BCUT2D eigenvalue weighted by molar-refractivity contribution is 5.35. The Morgan fingerprint density at radius 3 is 3.12 bits per heavy atom. The Hall–Kier alpha value is -1.16. The van der Waals surface area contributed by atoms with Crippen molar-refractivity contribution in [1.82, 2.24) is 14.9 Å². The van der Waals surface area contributed by atoms with Gasteiger partial charge < -0.3 is 5.32 Å². The van der Waals surface area contributed by atoms with Crippen molar-refractivity contribution < 1.29 is 0 Å². The molecule has 17 heavy (non-hydrogen) atoms. The summed E-state index contributed by atoms with van der Waals surface area (Å²) in [5, 5.41) is 3.59. The number of anilines is 1. The molecule has 2 unspecified atom stereocenters. The van der Waals surface area contributed by atoms with E-state index in [4.69, 9.17) is 0 Å². The Balaban J connectivity index is 1.69. The molecule has 4 nitrogen and oxygen atoms in total. The van der Waals surface area contributed by atoms with Crippen LogP contribution in [0.1, 0.15) is 31.5 Å². The summed E-state index contributed by atoms with van der Waals surface area (Å²) in [5.41, 5.74) is 0. The molecular weight excluding hydrogens is 212 g/mol. The number of hydrogen-bond donors (Lipinski definition) is 1. The molecule has 2 aliphatic rings. The summed E-state index contributed by atoms with van der Waals surface area (Å²) in [6.07, 6.45) is 7.16. The quantitative estimate of drug-likeness (QED) is 0.844. The normalized spacial score (nSPS) is 29.0. The van der Waals surface area contributed by atoms with Gasteiger partial charge in [0.1, 0.15) is 11.6 Å². The van der Waals surface area contributed by atoms with Gasteiger partial charge in [-0.1, -0.05) is 6.42 Å². The molecule has 0 saturated carbocycles. The Kier molecular flexibility index (Phi) is 2.97. The highest BCUT2D eigenvalue weighted by Crippen LogP contribution is 2.28. The fourth-order valence-corrected chi connectivity index (χ4v) is 3.14. The number of fused-ring (bicyclic) bond motifs is 1. The van der Waals surface area contributed by atoms with Gasteiger partial charge >= 0.3 is 0 Å². The molecule has 0 amide bonds. The van der Waals surface area contributed by atoms with E-state index in [0.717, 1.165) is 17.7 Å². The molecule has 2 saturated heterocycles. The fraction of sp³-hybridized carbons (Fsp3) is 0.692. The highest BCUT2D eigenvalue weighted by Gasteiger charge is 2.35. The number of rotatable bonds is 2. The van der Waals surface area contributed by atoms with Crippen LogP contribution in [0, 0.1) is 6.92 Å². The lowest BCUT2D eigenvalue weighted by Gasteiger charge is -2.32. The van der Waals surface area contributed by atoms with Crippen LogP contribution in [-0.4, -0.2) is 40.0 Å². The van der Waals surface area contributed by atoms with Gasteiger partial charge in [0.05, 0.1) is 0 Å². The van der Waals surface area contributed by atoms with Crippen LogP contribution in [0.5, 0.6) is 0 Å². The zero-order chi connectivity index (χ0) is 11.7. The van der Waals surface area contributed by atoms with E-state index >= 15 is 0 Å². The van der Waals surface area contributed by atoms with Crippen molar-refractivity contribution in [1.29, 1.82) is 0 Å². The van der Waals surface area contributed by atoms with Crippen molar-refractivity contribution in [3.8, 4) is 0 Å². The minimum Gasteiger partial charge on any atom is -0.366 e. The Bertz CT molecular complexity index is 393. The summed E-state index contributed by atoms with van der Waals surface area (Å²) >= 11 is 0. The summed E-state index contributed by atoms with van der Waals surface area (Å²) in [6, 6.07) is 3.27. The van der Waals surface area contributed by atoms with Crippen molar-refractivity contribution in [2.24, 2.45) is 0 Å². The maximum Gasteiger partial charge on any atom is 0.129 e. The molecule has 2 atom stereocenters. The fourth-order valence-electron chi connectivity index (χ4n) is 3.14. The van der Waals surface area contributed by atoms with E-state index < -0.39 is 0 Å². The molecule has 2 fully saturated rings. The van der Waals surface area contributed by atoms with Gasteiger partial charge in [0.25, 0.3) is 0 Å². The molecule has 0 bridgehead atoms. The van der Waals surface area contributed by atoms with Gasteiger partial charge in [-0.05, 0) is 38.8 Å². The molecular formula is C13H20N4. The molecule has 0 aromatic carbocycles. The maximum atomic E-state index is 4.43. The van der Waals surface area contributed by atoms with E-state index in [9.17, 15) is 0 Å². The molecule has 1 aromatic heterocycles. The SMILES string of the molecule is Cc1nccc(NC2CCN3CCCCC23)n1. The zero-order valence-corrected chi connectivity index (χ0v) is 10.4. The number of hydrogen-bond acceptors (Lipinski definition) is 4. The lowest BCUT2D eigenvalue weighted by molar-refractivity contribution is 0.192. The average Bonchev–Trinajstić information content (AvgIpc) is 2.73. The van der Waals surface area contributed by atoms with Crippen LogP contribution in [0.25, 0.3) is 0 Å². The van der Waals surface area contributed by atoms with Crippen molar-refractivity contribution in [3.63, 3.8) is 0 Å². The highest BCUT2D eigenvalue weighted by atomic mass is 15.2. The Morgan fingerprint density at radius 2 is 2.24 bits per heavy atom. The van der Waals surface area contributed by atoms with Crippen LogP contribution in [-0.2, 0) is 0 Å². The van der Waals surface area contributed by atoms with E-state index in [1.165, 1.54) is 38.8 Å². The van der Waals surface area contributed by atoms with E-state index in [-0.39, 0.29) is 0 Å². The molecule has 2 aliphatic heterocycles. The smallest absolute Gasteiger partial charge is 0.129 e. The van der Waals surface area contributed by atoms with Crippen molar-refractivity contribution >= 4 is 5.82 Å². The first kappa shape index (κ1) is 11.0. The third-order valence-electron chi connectivity index (χ3n) is 3.97. The van der Waals surface area contributed by atoms with Crippen LogP contribution in [0.3, 0.4) is 0 Å². The Labute approximate surface area is 102 Å². The van der Waals surface area contributed by atoms with Crippen molar-refractivity contribution in [2.45, 2.75) is 44.7 Å².